The van der Waals surface area contributed by atoms with Gasteiger partial charge in [0.25, 0.3) is 12.3 Å². The lowest BCUT2D eigenvalue weighted by Crippen LogP contribution is -2.49. The number of aliphatic imine (C=N–C) groups is 1. The van der Waals surface area contributed by atoms with Gasteiger partial charge >= 0.3 is 18.9 Å². The number of amides is 2. The Labute approximate surface area is 321 Å². The number of hydrogen-bond donors (Lipinski definition) is 2. The summed E-state index contributed by atoms with van der Waals surface area (Å²) in [6.45, 7) is 2.21. The van der Waals surface area contributed by atoms with Crippen molar-refractivity contribution in [1.82, 2.24) is 25.0 Å². The molecule has 4 aromatic rings. The number of nitrogens with zero attached hydrogens (tertiary/aromatic N) is 5. The molecule has 1 fully saturated rings. The standard InChI is InChI=1S/C37H37ClF7N7O4/c1-35(2,3)16-17-47-33(46)51(31(53)23-6-4-21(5-7-23)22-8-11-25(12-9-22)56-32(41)42)28(19-55-34(54)50-36(14-15-36)37(43,44)45)24-10-13-26(38)27(18-24)52-30(29(39)40)48-20-49-52/h4-13,18,20,28-29,32H,14-17,19H2,1-3H3,(H2,46,47)(H,50,54)/t28-/m1/s1. The maximum absolute atomic E-state index is 14.5. The Morgan fingerprint density at radius 2 is 1.62 bits per heavy atom. The first-order valence-corrected chi connectivity index (χ1v) is 17.4. The average molecular weight is 812 g/mol. The van der Waals surface area contributed by atoms with Crippen LogP contribution in [0.2, 0.25) is 5.02 Å². The number of guanidine groups is 1. The number of carbonyl (C=O) groups excluding carboxylic acids is 2. The predicted octanol–water partition coefficient (Wildman–Crippen LogP) is 8.88. The molecule has 0 spiro atoms. The first kappa shape index (κ1) is 41.8. The number of benzene rings is 3. The zero-order valence-corrected chi connectivity index (χ0v) is 30.9. The number of ether oxygens (including phenoxy) is 2. The molecule has 1 aliphatic rings. The molecule has 0 aliphatic heterocycles. The van der Waals surface area contributed by atoms with Gasteiger partial charge in [0.15, 0.2) is 11.8 Å². The molecule has 3 N–H and O–H groups in total. The Bertz CT molecular complexity index is 2030. The number of nitrogens with one attached hydrogen (secondary N) is 1. The highest BCUT2D eigenvalue weighted by atomic mass is 35.5. The Morgan fingerprint density at radius 3 is 2.18 bits per heavy atom. The van der Waals surface area contributed by atoms with Gasteiger partial charge < -0.3 is 20.5 Å². The average Bonchev–Trinajstić information content (AvgIpc) is 3.75. The SMILES string of the molecule is CC(C)(C)CCN=C(N)N(C(=O)c1ccc(-c2ccc(OC(F)F)cc2)cc1)[C@H](COC(=O)NC1(C(F)(F)F)CC1)c1ccc(Cl)c(-n2ncnc2C(F)F)c1. The van der Waals surface area contributed by atoms with E-state index in [9.17, 15) is 40.3 Å². The molecule has 3 aromatic carbocycles. The monoisotopic (exact) mass is 811 g/mol. The Kier molecular flexibility index (Phi) is 12.5. The summed E-state index contributed by atoms with van der Waals surface area (Å²) in [5.74, 6) is -1.96. The third-order valence-corrected chi connectivity index (χ3v) is 9.14. The predicted molar refractivity (Wildman–Crippen MR) is 192 cm³/mol. The summed E-state index contributed by atoms with van der Waals surface area (Å²) in [4.78, 5) is 36.4. The van der Waals surface area contributed by atoms with Gasteiger partial charge in [-0.05, 0) is 77.8 Å². The molecule has 1 aromatic heterocycles. The summed E-state index contributed by atoms with van der Waals surface area (Å²) in [6.07, 6.45) is -8.57. The van der Waals surface area contributed by atoms with E-state index >= 15 is 0 Å². The van der Waals surface area contributed by atoms with Crippen molar-refractivity contribution in [2.75, 3.05) is 13.2 Å². The fourth-order valence-corrected chi connectivity index (χ4v) is 5.75. The minimum atomic E-state index is -4.75. The summed E-state index contributed by atoms with van der Waals surface area (Å²) >= 11 is 6.42. The summed E-state index contributed by atoms with van der Waals surface area (Å²) in [6, 6.07) is 14.4. The number of alkyl halides is 7. The summed E-state index contributed by atoms with van der Waals surface area (Å²) in [7, 11) is 0. The maximum atomic E-state index is 14.5. The van der Waals surface area contributed by atoms with Crippen LogP contribution in [0.1, 0.15) is 74.2 Å². The topological polar surface area (TPSA) is 137 Å². The molecule has 0 bridgehead atoms. The Morgan fingerprint density at radius 1 is 1.00 bits per heavy atom. The van der Waals surface area contributed by atoms with E-state index in [1.54, 1.807) is 12.1 Å². The second-order valence-corrected chi connectivity index (χ2v) is 14.5. The quantitative estimate of drug-likeness (QED) is 0.0782. The van der Waals surface area contributed by atoms with E-state index in [4.69, 9.17) is 22.1 Å². The van der Waals surface area contributed by atoms with Crippen LogP contribution in [-0.2, 0) is 4.74 Å². The fraction of sp³-hybridized carbons (Fsp3) is 0.378. The number of hydrogen-bond acceptors (Lipinski definition) is 7. The lowest BCUT2D eigenvalue weighted by atomic mass is 9.92. The van der Waals surface area contributed by atoms with Crippen LogP contribution in [0.5, 0.6) is 5.75 Å². The van der Waals surface area contributed by atoms with Gasteiger partial charge in [-0.3, -0.25) is 14.7 Å². The summed E-state index contributed by atoms with van der Waals surface area (Å²) in [5, 5.41) is 5.67. The van der Waals surface area contributed by atoms with Crippen molar-refractivity contribution in [2.45, 2.75) is 70.8 Å². The Hall–Kier alpha value is -5.39. The van der Waals surface area contributed by atoms with Gasteiger partial charge in [-0.1, -0.05) is 62.7 Å². The molecule has 1 heterocycles. The molecule has 0 radical (unpaired) electrons. The van der Waals surface area contributed by atoms with Crippen molar-refractivity contribution in [2.24, 2.45) is 16.1 Å². The van der Waals surface area contributed by atoms with Crippen LogP contribution < -0.4 is 15.8 Å². The molecule has 1 saturated carbocycles. The van der Waals surface area contributed by atoms with Crippen LogP contribution in [0.4, 0.5) is 35.5 Å². The zero-order valence-electron chi connectivity index (χ0n) is 30.2. The molecule has 0 unspecified atom stereocenters. The van der Waals surface area contributed by atoms with Crippen LogP contribution in [0.25, 0.3) is 16.8 Å². The Balaban J connectivity index is 1.56. The maximum Gasteiger partial charge on any atom is 0.411 e. The highest BCUT2D eigenvalue weighted by Gasteiger charge is 2.64. The third-order valence-electron chi connectivity index (χ3n) is 8.82. The van der Waals surface area contributed by atoms with Crippen LogP contribution in [0.15, 0.2) is 78.0 Å². The van der Waals surface area contributed by atoms with E-state index in [2.05, 4.69) is 19.8 Å². The molecular weight excluding hydrogens is 775 g/mol. The van der Waals surface area contributed by atoms with E-state index in [0.717, 1.165) is 15.9 Å². The van der Waals surface area contributed by atoms with Crippen LogP contribution in [0, 0.1) is 5.41 Å². The second kappa shape index (κ2) is 16.8. The smallest absolute Gasteiger partial charge is 0.411 e. The van der Waals surface area contributed by atoms with Crippen molar-refractivity contribution >= 4 is 29.6 Å². The number of nitrogens with two attached hydrogens (primary N) is 1. The normalized spacial score (nSPS) is 14.8. The molecule has 1 atom stereocenters. The number of aromatic nitrogens is 3. The van der Waals surface area contributed by atoms with Gasteiger partial charge in [0.2, 0.25) is 0 Å². The molecule has 1 aliphatic carbocycles. The van der Waals surface area contributed by atoms with Gasteiger partial charge in [-0.15, -0.1) is 0 Å². The summed E-state index contributed by atoms with van der Waals surface area (Å²) in [5.41, 5.74) is 5.06. The van der Waals surface area contributed by atoms with Crippen molar-refractivity contribution in [3.05, 3.63) is 95.0 Å². The van der Waals surface area contributed by atoms with E-state index < -0.39 is 55.2 Å². The van der Waals surface area contributed by atoms with Crippen LogP contribution in [-0.4, -0.2) is 69.1 Å². The number of halogens is 8. The van der Waals surface area contributed by atoms with E-state index in [1.165, 1.54) is 54.6 Å². The zero-order chi connectivity index (χ0) is 41.0. The van der Waals surface area contributed by atoms with Gasteiger partial charge in [-0.2, -0.15) is 27.1 Å². The molecule has 11 nitrogen and oxygen atoms in total. The van der Waals surface area contributed by atoms with Gasteiger partial charge in [0, 0.05) is 12.1 Å². The van der Waals surface area contributed by atoms with E-state index in [-0.39, 0.29) is 58.3 Å². The number of alkyl carbamates (subject to hydrolysis) is 1. The first-order chi connectivity index (χ1) is 26.3. The molecule has 2 amide bonds. The van der Waals surface area contributed by atoms with E-state index in [1.807, 2.05) is 26.1 Å². The molecule has 19 heteroatoms. The molecule has 300 valence electrons. The largest absolute Gasteiger partial charge is 0.447 e. The van der Waals surface area contributed by atoms with Crippen LogP contribution >= 0.6 is 11.6 Å². The van der Waals surface area contributed by atoms with Crippen molar-refractivity contribution in [3.63, 3.8) is 0 Å². The lowest BCUT2D eigenvalue weighted by Gasteiger charge is -2.32. The molecule has 5 rings (SSSR count). The van der Waals surface area contributed by atoms with Gasteiger partial charge in [0.05, 0.1) is 16.8 Å². The summed E-state index contributed by atoms with van der Waals surface area (Å²) < 4.78 is 105. The highest BCUT2D eigenvalue weighted by molar-refractivity contribution is 6.32. The molecule has 56 heavy (non-hydrogen) atoms. The first-order valence-electron chi connectivity index (χ1n) is 17.1. The molecular formula is C37H37ClF7N7O4. The van der Waals surface area contributed by atoms with Crippen molar-refractivity contribution in [1.29, 1.82) is 0 Å². The second-order valence-electron chi connectivity index (χ2n) is 14.1. The van der Waals surface area contributed by atoms with Crippen LogP contribution in [0.3, 0.4) is 0 Å². The fourth-order valence-electron chi connectivity index (χ4n) is 5.55. The van der Waals surface area contributed by atoms with Gasteiger partial charge in [0.1, 0.15) is 24.2 Å². The third kappa shape index (κ3) is 10.1. The highest BCUT2D eigenvalue weighted by Crippen LogP contribution is 2.49. The molecule has 0 saturated heterocycles. The number of rotatable bonds is 13. The van der Waals surface area contributed by atoms with E-state index in [0.29, 0.717) is 17.5 Å². The van der Waals surface area contributed by atoms with Gasteiger partial charge in [-0.25, -0.2) is 23.2 Å². The van der Waals surface area contributed by atoms with Crippen molar-refractivity contribution in [3.8, 4) is 22.6 Å². The minimum absolute atomic E-state index is 0.0364. The lowest BCUT2D eigenvalue weighted by molar-refractivity contribution is -0.164. The van der Waals surface area contributed by atoms with Crippen molar-refractivity contribution < 1.29 is 49.8 Å². The number of carbonyl (C=O) groups is 2. The minimum Gasteiger partial charge on any atom is -0.447 e.